The number of aryl methyl sites for hydroxylation is 1. The Bertz CT molecular complexity index is 460. The number of nitrogens with zero attached hydrogens (tertiary/aromatic N) is 3. The largest absolute Gasteiger partial charge is 0.377 e. The molecule has 0 aliphatic heterocycles. The summed E-state index contributed by atoms with van der Waals surface area (Å²) in [5.74, 6) is 0. The first-order chi connectivity index (χ1) is 13.4. The van der Waals surface area contributed by atoms with Gasteiger partial charge in [0, 0.05) is 12.7 Å². The van der Waals surface area contributed by atoms with Gasteiger partial charge in [-0.1, -0.05) is 12.1 Å². The van der Waals surface area contributed by atoms with Gasteiger partial charge in [-0.15, -0.1) is 5.10 Å². The molecule has 1 aromatic rings. The molecule has 0 aliphatic carbocycles. The van der Waals surface area contributed by atoms with Gasteiger partial charge < -0.3 is 29.0 Å². The molecule has 0 radical (unpaired) electrons. The maximum Gasteiger partial charge on any atom is 0.207 e. The third-order valence-corrected chi connectivity index (χ3v) is 3.38. The number of hydrogen-bond acceptors (Lipinski definition) is 8. The lowest BCUT2D eigenvalue weighted by Gasteiger charge is -2.08. The molecule has 1 rings (SSSR count). The summed E-state index contributed by atoms with van der Waals surface area (Å²) in [4.78, 5) is 10.00. The van der Waals surface area contributed by atoms with Gasteiger partial charge in [-0.05, 0) is 6.42 Å². The molecule has 27 heavy (non-hydrogen) atoms. The molecule has 0 saturated carbocycles. The van der Waals surface area contributed by atoms with E-state index in [9.17, 15) is 4.79 Å². The van der Waals surface area contributed by atoms with Crippen molar-refractivity contribution in [1.29, 1.82) is 0 Å². The first kappa shape index (κ1) is 23.4. The molecule has 10 heteroatoms. The van der Waals surface area contributed by atoms with Gasteiger partial charge in [-0.25, -0.2) is 4.68 Å². The molecule has 0 unspecified atom stereocenters. The highest BCUT2D eigenvalue weighted by molar-refractivity contribution is 5.45. The van der Waals surface area contributed by atoms with Gasteiger partial charge >= 0.3 is 0 Å². The summed E-state index contributed by atoms with van der Waals surface area (Å²) >= 11 is 0. The van der Waals surface area contributed by atoms with Crippen LogP contribution in [0.5, 0.6) is 0 Å². The topological polar surface area (TPSA) is 106 Å². The average molecular weight is 388 g/mol. The molecule has 0 bridgehead atoms. The second kappa shape index (κ2) is 17.8. The summed E-state index contributed by atoms with van der Waals surface area (Å²) < 4.78 is 28.7. The summed E-state index contributed by atoms with van der Waals surface area (Å²) in [7, 11) is 0. The van der Waals surface area contributed by atoms with Gasteiger partial charge in [0.2, 0.25) is 6.41 Å². The van der Waals surface area contributed by atoms with Gasteiger partial charge in [-0.3, -0.25) is 4.79 Å². The van der Waals surface area contributed by atoms with Crippen LogP contribution >= 0.6 is 0 Å². The molecule has 10 nitrogen and oxygen atoms in total. The normalized spacial score (nSPS) is 11.0. The minimum Gasteiger partial charge on any atom is -0.377 e. The van der Waals surface area contributed by atoms with E-state index in [0.29, 0.717) is 85.6 Å². The molecule has 156 valence electrons. The van der Waals surface area contributed by atoms with Gasteiger partial charge in [0.25, 0.3) is 0 Å². The highest BCUT2D eigenvalue weighted by atomic mass is 16.6. The van der Waals surface area contributed by atoms with Crippen molar-refractivity contribution < 1.29 is 28.5 Å². The smallest absolute Gasteiger partial charge is 0.207 e. The Morgan fingerprint density at radius 1 is 0.889 bits per heavy atom. The van der Waals surface area contributed by atoms with Crippen molar-refractivity contribution in [3.05, 3.63) is 11.9 Å². The molecular weight excluding hydrogens is 356 g/mol. The van der Waals surface area contributed by atoms with Crippen molar-refractivity contribution in [2.24, 2.45) is 0 Å². The quantitative estimate of drug-likeness (QED) is 0.239. The van der Waals surface area contributed by atoms with Crippen LogP contribution in [0.15, 0.2) is 6.20 Å². The van der Waals surface area contributed by atoms with Crippen LogP contribution < -0.4 is 5.32 Å². The molecule has 0 atom stereocenters. The van der Waals surface area contributed by atoms with E-state index in [-0.39, 0.29) is 0 Å². The lowest BCUT2D eigenvalue weighted by Crippen LogP contribution is -2.19. The van der Waals surface area contributed by atoms with E-state index in [0.717, 1.165) is 12.1 Å². The highest BCUT2D eigenvalue weighted by Gasteiger charge is 1.98. The maximum atomic E-state index is 10.00. The number of hydrogen-bond donors (Lipinski definition) is 1. The second-order valence-electron chi connectivity index (χ2n) is 5.46. The fourth-order valence-corrected chi connectivity index (χ4v) is 1.94. The van der Waals surface area contributed by atoms with Crippen LogP contribution in [0.2, 0.25) is 0 Å². The van der Waals surface area contributed by atoms with Gasteiger partial charge in [0.05, 0.1) is 78.3 Å². The molecule has 0 spiro atoms. The Morgan fingerprint density at radius 3 is 1.89 bits per heavy atom. The number of ether oxygens (including phenoxy) is 5. The third kappa shape index (κ3) is 14.2. The van der Waals surface area contributed by atoms with Gasteiger partial charge in [0.1, 0.15) is 0 Å². The minimum absolute atomic E-state index is 0.486. The molecule has 0 saturated heterocycles. The number of carbonyl (C=O) groups is 1. The fraction of sp³-hybridized carbons (Fsp3) is 0.824. The van der Waals surface area contributed by atoms with Crippen LogP contribution in [0.4, 0.5) is 0 Å². The zero-order valence-corrected chi connectivity index (χ0v) is 16.1. The first-order valence-electron chi connectivity index (χ1n) is 9.31. The van der Waals surface area contributed by atoms with Gasteiger partial charge in [0.15, 0.2) is 0 Å². The van der Waals surface area contributed by atoms with Crippen molar-refractivity contribution in [3.8, 4) is 0 Å². The number of aromatic nitrogens is 3. The van der Waals surface area contributed by atoms with Crippen molar-refractivity contribution in [2.45, 2.75) is 19.9 Å². The summed E-state index contributed by atoms with van der Waals surface area (Å²) in [6.45, 7) is 8.49. The van der Waals surface area contributed by atoms with E-state index >= 15 is 0 Å². The minimum atomic E-state index is 0.486. The second-order valence-corrected chi connectivity index (χ2v) is 5.46. The molecule has 1 N–H and O–H groups in total. The molecular formula is C17H32N4O6. The Hall–Kier alpha value is -1.59. The van der Waals surface area contributed by atoms with E-state index in [1.807, 2.05) is 13.1 Å². The van der Waals surface area contributed by atoms with Crippen LogP contribution in [-0.2, 0) is 41.4 Å². The van der Waals surface area contributed by atoms with Crippen LogP contribution in [0.3, 0.4) is 0 Å². The Kier molecular flexibility index (Phi) is 15.5. The number of amides is 1. The number of nitrogens with one attached hydrogen (secondary N) is 1. The summed E-state index contributed by atoms with van der Waals surface area (Å²) in [6.07, 6.45) is 3.47. The van der Waals surface area contributed by atoms with Gasteiger partial charge in [-0.2, -0.15) is 0 Å². The van der Waals surface area contributed by atoms with Crippen molar-refractivity contribution >= 4 is 6.41 Å². The molecule has 0 aliphatic rings. The van der Waals surface area contributed by atoms with Crippen molar-refractivity contribution in [1.82, 2.24) is 20.3 Å². The van der Waals surface area contributed by atoms with Crippen molar-refractivity contribution in [2.75, 3.05) is 72.6 Å². The summed E-state index contributed by atoms with van der Waals surface area (Å²) in [5.41, 5.74) is 0.987. The van der Waals surface area contributed by atoms with E-state index in [1.54, 1.807) is 4.68 Å². The number of rotatable bonds is 20. The SMILES string of the molecule is CCc1cn(CCOCCOCCOCCOCCOCCNC=O)nn1. The average Bonchev–Trinajstić information content (AvgIpc) is 3.15. The lowest BCUT2D eigenvalue weighted by atomic mass is 10.4. The third-order valence-electron chi connectivity index (χ3n) is 3.38. The van der Waals surface area contributed by atoms with Crippen LogP contribution in [0.1, 0.15) is 12.6 Å². The highest BCUT2D eigenvalue weighted by Crippen LogP contribution is 1.93. The number of carbonyl (C=O) groups excluding carboxylic acids is 1. The Balaban J connectivity index is 1.71. The fourth-order valence-electron chi connectivity index (χ4n) is 1.94. The molecule has 1 aromatic heterocycles. The summed E-state index contributed by atoms with van der Waals surface area (Å²) in [5, 5.41) is 10.5. The van der Waals surface area contributed by atoms with Crippen LogP contribution in [0, 0.1) is 0 Å². The standard InChI is InChI=1S/C17H32N4O6/c1-2-17-15-21(20-19-17)4-6-24-8-10-26-12-14-27-13-11-25-9-7-23-5-3-18-16-22/h15-16H,2-14H2,1H3,(H,18,22). The summed E-state index contributed by atoms with van der Waals surface area (Å²) in [6, 6.07) is 0. The zero-order valence-electron chi connectivity index (χ0n) is 16.1. The monoisotopic (exact) mass is 388 g/mol. The molecule has 0 aromatic carbocycles. The Morgan fingerprint density at radius 2 is 1.41 bits per heavy atom. The Labute approximate surface area is 160 Å². The van der Waals surface area contributed by atoms with E-state index in [4.69, 9.17) is 23.7 Å². The van der Waals surface area contributed by atoms with Crippen LogP contribution in [0.25, 0.3) is 0 Å². The van der Waals surface area contributed by atoms with E-state index in [2.05, 4.69) is 15.6 Å². The predicted octanol–water partition coefficient (Wildman–Crippen LogP) is -0.330. The predicted molar refractivity (Wildman–Crippen MR) is 97.6 cm³/mol. The molecule has 1 heterocycles. The lowest BCUT2D eigenvalue weighted by molar-refractivity contribution is -0.109. The van der Waals surface area contributed by atoms with E-state index in [1.165, 1.54) is 0 Å². The molecule has 1 amide bonds. The van der Waals surface area contributed by atoms with Crippen LogP contribution in [-0.4, -0.2) is 94.0 Å². The maximum absolute atomic E-state index is 10.00. The first-order valence-corrected chi connectivity index (χ1v) is 9.31. The zero-order chi connectivity index (χ0) is 19.4. The van der Waals surface area contributed by atoms with E-state index < -0.39 is 0 Å². The van der Waals surface area contributed by atoms with Crippen molar-refractivity contribution in [3.63, 3.8) is 0 Å². The molecule has 0 fully saturated rings.